The molecule has 0 saturated heterocycles. The van der Waals surface area contributed by atoms with Gasteiger partial charge in [-0.1, -0.05) is 30.3 Å². The molecule has 0 atom stereocenters. The van der Waals surface area contributed by atoms with Crippen LogP contribution in [0.2, 0.25) is 5.28 Å². The van der Waals surface area contributed by atoms with Crippen LogP contribution >= 0.6 is 11.6 Å². The van der Waals surface area contributed by atoms with E-state index >= 15 is 0 Å². The lowest BCUT2D eigenvalue weighted by atomic mass is 10.2. The largest absolute Gasteiger partial charge is 0.444 e. The minimum Gasteiger partial charge on any atom is -0.444 e. The highest BCUT2D eigenvalue weighted by atomic mass is 35.5. The summed E-state index contributed by atoms with van der Waals surface area (Å²) in [5.74, 6) is 0.567. The molecule has 0 aliphatic heterocycles. The van der Waals surface area contributed by atoms with Gasteiger partial charge in [0, 0.05) is 19.6 Å². The van der Waals surface area contributed by atoms with Crippen molar-refractivity contribution >= 4 is 34.7 Å². The summed E-state index contributed by atoms with van der Waals surface area (Å²) in [6.07, 6.45) is 1.19. The van der Waals surface area contributed by atoms with Crippen molar-refractivity contribution < 1.29 is 9.53 Å². The van der Waals surface area contributed by atoms with Gasteiger partial charge in [-0.25, -0.2) is 9.78 Å². The summed E-state index contributed by atoms with van der Waals surface area (Å²) in [5, 5.41) is 6.10. The second-order valence-corrected chi connectivity index (χ2v) is 7.56. The zero-order valence-corrected chi connectivity index (χ0v) is 16.8. The Morgan fingerprint density at radius 2 is 1.96 bits per heavy atom. The van der Waals surface area contributed by atoms with Crippen molar-refractivity contribution in [1.82, 2.24) is 24.8 Å². The van der Waals surface area contributed by atoms with E-state index in [0.29, 0.717) is 36.6 Å². The minimum absolute atomic E-state index is 0.130. The SMILES string of the molecule is CC(C)(C)OC(=O)NCCn1cnc2c(NCc3ccccc3)nc(Cl)nc21. The third kappa shape index (κ3) is 5.32. The van der Waals surface area contributed by atoms with Gasteiger partial charge in [0.25, 0.3) is 0 Å². The molecule has 1 amide bonds. The topological polar surface area (TPSA) is 94.0 Å². The van der Waals surface area contributed by atoms with Gasteiger partial charge in [-0.2, -0.15) is 9.97 Å². The zero-order chi connectivity index (χ0) is 20.1. The normalized spacial score (nSPS) is 11.4. The van der Waals surface area contributed by atoms with Crippen LogP contribution in [0, 0.1) is 0 Å². The number of rotatable bonds is 6. The van der Waals surface area contributed by atoms with Crippen LogP contribution in [-0.2, 0) is 17.8 Å². The Morgan fingerprint density at radius 3 is 2.68 bits per heavy atom. The van der Waals surface area contributed by atoms with E-state index < -0.39 is 11.7 Å². The summed E-state index contributed by atoms with van der Waals surface area (Å²) < 4.78 is 7.04. The van der Waals surface area contributed by atoms with Gasteiger partial charge >= 0.3 is 6.09 Å². The number of aromatic nitrogens is 4. The van der Waals surface area contributed by atoms with E-state index in [-0.39, 0.29) is 5.28 Å². The van der Waals surface area contributed by atoms with Crippen LogP contribution in [0.3, 0.4) is 0 Å². The smallest absolute Gasteiger partial charge is 0.407 e. The first kappa shape index (κ1) is 19.9. The first-order valence-corrected chi connectivity index (χ1v) is 9.32. The maximum absolute atomic E-state index is 11.8. The average Bonchev–Trinajstić information content (AvgIpc) is 3.02. The van der Waals surface area contributed by atoms with Crippen LogP contribution in [0.4, 0.5) is 10.6 Å². The highest BCUT2D eigenvalue weighted by molar-refractivity contribution is 6.28. The molecule has 2 aromatic heterocycles. The number of anilines is 1. The molecule has 0 bridgehead atoms. The second-order valence-electron chi connectivity index (χ2n) is 7.22. The third-order valence-electron chi connectivity index (χ3n) is 3.76. The molecule has 0 saturated carbocycles. The van der Waals surface area contributed by atoms with Crippen molar-refractivity contribution in [3.05, 3.63) is 47.5 Å². The molecule has 8 nitrogen and oxygen atoms in total. The van der Waals surface area contributed by atoms with Crippen LogP contribution in [0.25, 0.3) is 11.2 Å². The van der Waals surface area contributed by atoms with E-state index in [1.165, 1.54) is 0 Å². The predicted octanol–water partition coefficient (Wildman–Crippen LogP) is 3.62. The third-order valence-corrected chi connectivity index (χ3v) is 3.93. The van der Waals surface area contributed by atoms with Gasteiger partial charge in [-0.15, -0.1) is 0 Å². The number of halogens is 1. The van der Waals surface area contributed by atoms with Gasteiger partial charge in [0.05, 0.1) is 6.33 Å². The molecule has 0 aliphatic rings. The summed E-state index contributed by atoms with van der Waals surface area (Å²) in [6, 6.07) is 9.97. The summed E-state index contributed by atoms with van der Waals surface area (Å²) in [7, 11) is 0. The van der Waals surface area contributed by atoms with Gasteiger partial charge in [0.15, 0.2) is 17.0 Å². The van der Waals surface area contributed by atoms with E-state index in [0.717, 1.165) is 5.56 Å². The number of carbonyl (C=O) groups excluding carboxylic acids is 1. The van der Waals surface area contributed by atoms with E-state index in [2.05, 4.69) is 25.6 Å². The molecule has 1 aromatic carbocycles. The maximum atomic E-state index is 11.8. The lowest BCUT2D eigenvalue weighted by Crippen LogP contribution is -2.34. The Labute approximate surface area is 168 Å². The van der Waals surface area contributed by atoms with Gasteiger partial charge in [-0.3, -0.25) is 0 Å². The van der Waals surface area contributed by atoms with Gasteiger partial charge in [0.2, 0.25) is 5.28 Å². The molecule has 0 fully saturated rings. The van der Waals surface area contributed by atoms with Crippen LogP contribution in [0.1, 0.15) is 26.3 Å². The molecule has 0 unspecified atom stereocenters. The average molecular weight is 403 g/mol. The van der Waals surface area contributed by atoms with Gasteiger partial charge < -0.3 is 19.9 Å². The number of ether oxygens (including phenoxy) is 1. The Hall–Kier alpha value is -2.87. The number of fused-ring (bicyclic) bond motifs is 1. The number of amides is 1. The van der Waals surface area contributed by atoms with E-state index in [1.807, 2.05) is 55.7 Å². The number of hydrogen-bond donors (Lipinski definition) is 2. The molecular weight excluding hydrogens is 380 g/mol. The summed E-state index contributed by atoms with van der Waals surface area (Å²) in [4.78, 5) is 24.7. The molecule has 3 rings (SSSR count). The fourth-order valence-electron chi connectivity index (χ4n) is 2.58. The van der Waals surface area contributed by atoms with Crippen molar-refractivity contribution in [2.45, 2.75) is 39.5 Å². The summed E-state index contributed by atoms with van der Waals surface area (Å²) in [5.41, 5.74) is 1.80. The highest BCUT2D eigenvalue weighted by Gasteiger charge is 2.16. The van der Waals surface area contributed by atoms with Crippen molar-refractivity contribution in [3.8, 4) is 0 Å². The van der Waals surface area contributed by atoms with Crippen molar-refractivity contribution in [1.29, 1.82) is 0 Å². The van der Waals surface area contributed by atoms with Crippen molar-refractivity contribution in [3.63, 3.8) is 0 Å². The van der Waals surface area contributed by atoms with E-state index in [4.69, 9.17) is 16.3 Å². The predicted molar refractivity (Wildman–Crippen MR) is 108 cm³/mol. The first-order chi connectivity index (χ1) is 13.3. The molecular formula is C19H23ClN6O2. The van der Waals surface area contributed by atoms with E-state index in [1.54, 1.807) is 6.33 Å². The molecule has 9 heteroatoms. The number of benzene rings is 1. The molecule has 0 spiro atoms. The second kappa shape index (κ2) is 8.43. The molecule has 2 heterocycles. The van der Waals surface area contributed by atoms with E-state index in [9.17, 15) is 4.79 Å². The molecule has 148 valence electrons. The van der Waals surface area contributed by atoms with Crippen LogP contribution in [-0.4, -0.2) is 37.8 Å². The van der Waals surface area contributed by atoms with Crippen molar-refractivity contribution in [2.24, 2.45) is 0 Å². The molecule has 0 radical (unpaired) electrons. The number of alkyl carbamates (subject to hydrolysis) is 1. The van der Waals surface area contributed by atoms with Crippen LogP contribution < -0.4 is 10.6 Å². The van der Waals surface area contributed by atoms with Crippen LogP contribution in [0.5, 0.6) is 0 Å². The number of nitrogens with zero attached hydrogens (tertiary/aromatic N) is 4. The number of hydrogen-bond acceptors (Lipinski definition) is 6. The Bertz CT molecular complexity index is 952. The van der Waals surface area contributed by atoms with Crippen molar-refractivity contribution in [2.75, 3.05) is 11.9 Å². The lowest BCUT2D eigenvalue weighted by molar-refractivity contribution is 0.0526. The van der Waals surface area contributed by atoms with Gasteiger partial charge in [0.1, 0.15) is 5.60 Å². The molecule has 0 aliphatic carbocycles. The Morgan fingerprint density at radius 1 is 1.21 bits per heavy atom. The Kier molecular flexibility index (Phi) is 5.99. The monoisotopic (exact) mass is 402 g/mol. The minimum atomic E-state index is -0.536. The molecule has 28 heavy (non-hydrogen) atoms. The molecule has 3 aromatic rings. The standard InChI is InChI=1S/C19H23ClN6O2/c1-19(2,3)28-18(27)21-9-10-26-12-23-14-15(24-17(20)25-16(14)26)22-11-13-7-5-4-6-8-13/h4-8,12H,9-11H2,1-3H3,(H,21,27)(H,22,24,25). The summed E-state index contributed by atoms with van der Waals surface area (Å²) >= 11 is 6.10. The number of carbonyl (C=O) groups is 1. The fourth-order valence-corrected chi connectivity index (χ4v) is 2.74. The first-order valence-electron chi connectivity index (χ1n) is 8.95. The lowest BCUT2D eigenvalue weighted by Gasteiger charge is -2.19. The highest BCUT2D eigenvalue weighted by Crippen LogP contribution is 2.21. The quantitative estimate of drug-likeness (QED) is 0.611. The molecule has 2 N–H and O–H groups in total. The number of nitrogens with one attached hydrogen (secondary N) is 2. The zero-order valence-electron chi connectivity index (χ0n) is 16.1. The summed E-state index contributed by atoms with van der Waals surface area (Å²) in [6.45, 7) is 6.89. The Balaban J connectivity index is 1.68. The van der Waals surface area contributed by atoms with Crippen LogP contribution in [0.15, 0.2) is 36.7 Å². The number of imidazole rings is 1. The fraction of sp³-hybridized carbons (Fsp3) is 0.368. The van der Waals surface area contributed by atoms with Gasteiger partial charge in [-0.05, 0) is 37.9 Å². The maximum Gasteiger partial charge on any atom is 0.407 e.